The fraction of sp³-hybridized carbons (Fsp3) is 0.143. The highest BCUT2D eigenvalue weighted by atomic mass is 16.1. The van der Waals surface area contributed by atoms with Crippen molar-refractivity contribution in [3.63, 3.8) is 0 Å². The zero-order valence-corrected chi connectivity index (χ0v) is 9.26. The topological polar surface area (TPSA) is 42.0 Å². The molecule has 1 unspecified atom stereocenters. The predicted molar refractivity (Wildman–Crippen MR) is 66.1 cm³/mol. The molecule has 84 valence electrons. The summed E-state index contributed by atoms with van der Waals surface area (Å²) in [5.74, 6) is 0.0572. The fourth-order valence-corrected chi connectivity index (χ4v) is 2.14. The standard InChI is InChI=1S/C14H12N2O/c17-14(12-7-3-4-8-15-12)13-9-10-5-1-2-6-11(10)16-13/h1-8,13,16H,9H2. The van der Waals surface area contributed by atoms with Gasteiger partial charge in [-0.1, -0.05) is 24.3 Å². The summed E-state index contributed by atoms with van der Waals surface area (Å²) >= 11 is 0. The van der Waals surface area contributed by atoms with Crippen molar-refractivity contribution < 1.29 is 4.79 Å². The van der Waals surface area contributed by atoms with Crippen LogP contribution in [0, 0.1) is 0 Å². The molecule has 1 atom stereocenters. The van der Waals surface area contributed by atoms with E-state index in [4.69, 9.17) is 0 Å². The van der Waals surface area contributed by atoms with Gasteiger partial charge in [0.05, 0.1) is 6.04 Å². The number of carbonyl (C=O) groups excluding carboxylic acids is 1. The molecule has 3 nitrogen and oxygen atoms in total. The molecule has 17 heavy (non-hydrogen) atoms. The number of Topliss-reactive ketones (excluding diaryl/α,β-unsaturated/α-hetero) is 1. The van der Waals surface area contributed by atoms with Gasteiger partial charge in [-0.15, -0.1) is 0 Å². The minimum Gasteiger partial charge on any atom is -0.374 e. The molecule has 3 rings (SSSR count). The smallest absolute Gasteiger partial charge is 0.203 e. The molecule has 3 heteroatoms. The Morgan fingerprint density at radius 3 is 2.76 bits per heavy atom. The molecule has 0 fully saturated rings. The Morgan fingerprint density at radius 1 is 1.18 bits per heavy atom. The van der Waals surface area contributed by atoms with Crippen molar-refractivity contribution in [2.45, 2.75) is 12.5 Å². The monoisotopic (exact) mass is 224 g/mol. The third-order valence-electron chi connectivity index (χ3n) is 3.00. The maximum atomic E-state index is 12.2. The van der Waals surface area contributed by atoms with E-state index >= 15 is 0 Å². The highest BCUT2D eigenvalue weighted by Crippen LogP contribution is 2.26. The number of carbonyl (C=O) groups is 1. The van der Waals surface area contributed by atoms with Gasteiger partial charge in [-0.05, 0) is 23.8 Å². The average molecular weight is 224 g/mol. The molecule has 1 aromatic carbocycles. The number of ketones is 1. The first-order valence-corrected chi connectivity index (χ1v) is 5.64. The van der Waals surface area contributed by atoms with Crippen molar-refractivity contribution in [1.82, 2.24) is 4.98 Å². The van der Waals surface area contributed by atoms with Gasteiger partial charge in [-0.2, -0.15) is 0 Å². The van der Waals surface area contributed by atoms with Gasteiger partial charge in [0.2, 0.25) is 5.78 Å². The van der Waals surface area contributed by atoms with Gasteiger partial charge in [0.25, 0.3) is 0 Å². The molecular formula is C14H12N2O. The van der Waals surface area contributed by atoms with Crippen LogP contribution in [0.25, 0.3) is 0 Å². The minimum absolute atomic E-state index is 0.0572. The van der Waals surface area contributed by atoms with E-state index < -0.39 is 0 Å². The van der Waals surface area contributed by atoms with E-state index in [0.717, 1.165) is 12.1 Å². The molecule has 1 N–H and O–H groups in total. The Bertz CT molecular complexity index is 526. The van der Waals surface area contributed by atoms with Gasteiger partial charge >= 0.3 is 0 Å². The molecule has 0 spiro atoms. The predicted octanol–water partition coefficient (Wildman–Crippen LogP) is 2.30. The Balaban J connectivity index is 1.84. The van der Waals surface area contributed by atoms with Crippen molar-refractivity contribution in [3.05, 3.63) is 59.9 Å². The van der Waals surface area contributed by atoms with Crippen LogP contribution < -0.4 is 5.32 Å². The number of pyridine rings is 1. The Morgan fingerprint density at radius 2 is 2.00 bits per heavy atom. The zero-order chi connectivity index (χ0) is 11.7. The highest BCUT2D eigenvalue weighted by molar-refractivity contribution is 6.01. The van der Waals surface area contributed by atoms with Crippen LogP contribution in [0.3, 0.4) is 0 Å². The summed E-state index contributed by atoms with van der Waals surface area (Å²) in [6, 6.07) is 13.2. The van der Waals surface area contributed by atoms with Crippen LogP contribution >= 0.6 is 0 Å². The van der Waals surface area contributed by atoms with E-state index in [2.05, 4.69) is 10.3 Å². The molecule has 1 aliphatic heterocycles. The van der Waals surface area contributed by atoms with E-state index in [0.29, 0.717) is 5.69 Å². The van der Waals surface area contributed by atoms with Crippen LogP contribution in [0.2, 0.25) is 0 Å². The number of para-hydroxylation sites is 1. The zero-order valence-electron chi connectivity index (χ0n) is 9.26. The second-order valence-corrected chi connectivity index (χ2v) is 4.14. The summed E-state index contributed by atoms with van der Waals surface area (Å²) in [4.78, 5) is 16.3. The first-order valence-electron chi connectivity index (χ1n) is 5.64. The van der Waals surface area contributed by atoms with Gasteiger partial charge in [-0.3, -0.25) is 9.78 Å². The maximum Gasteiger partial charge on any atom is 0.203 e. The molecule has 0 radical (unpaired) electrons. The molecule has 0 saturated heterocycles. The molecule has 2 aromatic rings. The molecule has 0 amide bonds. The lowest BCUT2D eigenvalue weighted by Gasteiger charge is -2.08. The fourth-order valence-electron chi connectivity index (χ4n) is 2.14. The number of hydrogen-bond donors (Lipinski definition) is 1. The second-order valence-electron chi connectivity index (χ2n) is 4.14. The van der Waals surface area contributed by atoms with E-state index in [1.165, 1.54) is 5.56 Å². The van der Waals surface area contributed by atoms with Crippen LogP contribution in [-0.2, 0) is 6.42 Å². The van der Waals surface area contributed by atoms with Gasteiger partial charge in [-0.25, -0.2) is 0 Å². The highest BCUT2D eigenvalue weighted by Gasteiger charge is 2.27. The first-order chi connectivity index (χ1) is 8.34. The summed E-state index contributed by atoms with van der Waals surface area (Å²) in [7, 11) is 0. The number of anilines is 1. The molecule has 2 heterocycles. The van der Waals surface area contributed by atoms with Gasteiger partial charge in [0, 0.05) is 18.3 Å². The average Bonchev–Trinajstić information content (AvgIpc) is 2.82. The largest absolute Gasteiger partial charge is 0.374 e. The molecule has 0 aliphatic carbocycles. The molecule has 0 saturated carbocycles. The summed E-state index contributed by atoms with van der Waals surface area (Å²) in [6.07, 6.45) is 2.39. The van der Waals surface area contributed by atoms with Crippen molar-refractivity contribution >= 4 is 11.5 Å². The number of benzene rings is 1. The third kappa shape index (κ3) is 1.80. The molecular weight excluding hydrogens is 212 g/mol. The van der Waals surface area contributed by atoms with Crippen molar-refractivity contribution in [2.24, 2.45) is 0 Å². The Labute approximate surface area is 99.5 Å². The van der Waals surface area contributed by atoms with E-state index in [9.17, 15) is 4.79 Å². The normalized spacial score (nSPS) is 17.3. The molecule has 1 aliphatic rings. The summed E-state index contributed by atoms with van der Waals surface area (Å²) in [5.41, 5.74) is 2.78. The number of nitrogens with zero attached hydrogens (tertiary/aromatic N) is 1. The van der Waals surface area contributed by atoms with E-state index in [-0.39, 0.29) is 11.8 Å². The van der Waals surface area contributed by atoms with Crippen molar-refractivity contribution in [2.75, 3.05) is 5.32 Å². The van der Waals surface area contributed by atoms with Crippen LogP contribution in [0.15, 0.2) is 48.7 Å². The molecule has 0 bridgehead atoms. The maximum absolute atomic E-state index is 12.2. The summed E-state index contributed by atoms with van der Waals surface area (Å²) in [6.45, 7) is 0. The first kappa shape index (κ1) is 10.0. The number of aromatic nitrogens is 1. The SMILES string of the molecule is O=C(c1ccccn1)C1Cc2ccccc2N1. The van der Waals surface area contributed by atoms with Crippen LogP contribution in [0.5, 0.6) is 0 Å². The second kappa shape index (κ2) is 4.01. The lowest BCUT2D eigenvalue weighted by molar-refractivity contribution is 0.0967. The number of rotatable bonds is 2. The summed E-state index contributed by atoms with van der Waals surface area (Å²) in [5, 5.41) is 3.24. The van der Waals surface area contributed by atoms with Crippen LogP contribution in [0.4, 0.5) is 5.69 Å². The molecule has 1 aromatic heterocycles. The summed E-state index contributed by atoms with van der Waals surface area (Å²) < 4.78 is 0. The number of hydrogen-bond acceptors (Lipinski definition) is 3. The number of nitrogens with one attached hydrogen (secondary N) is 1. The lowest BCUT2D eigenvalue weighted by atomic mass is 10.0. The van der Waals surface area contributed by atoms with Crippen molar-refractivity contribution in [1.29, 1.82) is 0 Å². The van der Waals surface area contributed by atoms with E-state index in [1.54, 1.807) is 12.3 Å². The Hall–Kier alpha value is -2.16. The lowest BCUT2D eigenvalue weighted by Crippen LogP contribution is -2.27. The minimum atomic E-state index is -0.178. The van der Waals surface area contributed by atoms with E-state index in [1.807, 2.05) is 36.4 Å². The van der Waals surface area contributed by atoms with Crippen LogP contribution in [-0.4, -0.2) is 16.8 Å². The van der Waals surface area contributed by atoms with Crippen LogP contribution in [0.1, 0.15) is 16.1 Å². The number of fused-ring (bicyclic) bond motifs is 1. The van der Waals surface area contributed by atoms with Gasteiger partial charge in [0.15, 0.2) is 0 Å². The van der Waals surface area contributed by atoms with Gasteiger partial charge in [0.1, 0.15) is 5.69 Å². The van der Waals surface area contributed by atoms with Gasteiger partial charge < -0.3 is 5.32 Å². The third-order valence-corrected chi connectivity index (χ3v) is 3.00. The quantitative estimate of drug-likeness (QED) is 0.796. The Kier molecular flexibility index (Phi) is 2.37. The van der Waals surface area contributed by atoms with Crippen molar-refractivity contribution in [3.8, 4) is 0 Å².